The quantitative estimate of drug-likeness (QED) is 0.420. The number of fused-ring (bicyclic) bond motifs is 2. The Balaban J connectivity index is 1.36. The number of benzene rings is 1. The number of alkyl halides is 3. The average Bonchev–Trinajstić information content (AvgIpc) is 3.61. The highest BCUT2D eigenvalue weighted by Crippen LogP contribution is 2.42. The van der Waals surface area contributed by atoms with Crippen molar-refractivity contribution in [2.75, 3.05) is 5.73 Å². The number of nitrogens with two attached hydrogens (primary N) is 2. The van der Waals surface area contributed by atoms with E-state index in [0.717, 1.165) is 38.5 Å². The molecule has 0 radical (unpaired) electrons. The second-order valence-electron chi connectivity index (χ2n) is 11.0. The highest BCUT2D eigenvalue weighted by Gasteiger charge is 2.42. The molecule has 1 aliphatic heterocycles. The monoisotopic (exact) mass is 557 g/mol. The van der Waals surface area contributed by atoms with Crippen LogP contribution >= 0.6 is 0 Å². The van der Waals surface area contributed by atoms with Gasteiger partial charge in [-0.25, -0.2) is 9.50 Å². The van der Waals surface area contributed by atoms with Gasteiger partial charge in [0.1, 0.15) is 11.3 Å². The minimum absolute atomic E-state index is 0.0139. The van der Waals surface area contributed by atoms with Crippen LogP contribution in [0.5, 0.6) is 5.75 Å². The molecule has 212 valence electrons. The zero-order valence-electron chi connectivity index (χ0n) is 21.9. The molecular weight excluding hydrogens is 527 g/mol. The Hall–Kier alpha value is -3.87. The Bertz CT molecular complexity index is 1490. The summed E-state index contributed by atoms with van der Waals surface area (Å²) in [5.74, 6) is -1.15. The van der Waals surface area contributed by atoms with Crippen LogP contribution in [0.25, 0.3) is 16.9 Å². The summed E-state index contributed by atoms with van der Waals surface area (Å²) in [7, 11) is 0. The fraction of sp³-hybridized carbons (Fsp3) is 0.481. The van der Waals surface area contributed by atoms with Crippen molar-refractivity contribution in [3.05, 3.63) is 41.1 Å². The van der Waals surface area contributed by atoms with E-state index in [1.165, 1.54) is 16.8 Å². The van der Waals surface area contributed by atoms with Gasteiger partial charge in [-0.05, 0) is 75.1 Å². The van der Waals surface area contributed by atoms with E-state index in [-0.39, 0.29) is 53.0 Å². The number of aromatic nitrogens is 3. The first-order valence-corrected chi connectivity index (χ1v) is 13.4. The molecule has 40 heavy (non-hydrogen) atoms. The number of carbonyl (C=O) groups is 2. The number of carbonyl (C=O) groups excluding carboxylic acids is 2. The van der Waals surface area contributed by atoms with Gasteiger partial charge in [0.25, 0.3) is 11.8 Å². The van der Waals surface area contributed by atoms with Crippen LogP contribution in [0.2, 0.25) is 0 Å². The molecule has 3 aromatic rings. The summed E-state index contributed by atoms with van der Waals surface area (Å²) >= 11 is 0. The molecule has 3 heterocycles. The second kappa shape index (κ2) is 9.65. The summed E-state index contributed by atoms with van der Waals surface area (Å²) < 4.78 is 45.9. The Labute approximate surface area is 227 Å². The van der Waals surface area contributed by atoms with Crippen LogP contribution in [0, 0.1) is 5.92 Å². The smallest absolute Gasteiger partial charge is 0.405 e. The summed E-state index contributed by atoms with van der Waals surface area (Å²) in [6, 6.07) is 4.36. The maximum Gasteiger partial charge on any atom is 0.573 e. The SMILES string of the molecule is CC(C1CC1)N1Cc2cc(-c3ccn4nc(N)c(C(=O)N[C@H]5CC[C@H](N)CC5)c4n3)cc(OC(F)(F)F)c2C1=O. The van der Waals surface area contributed by atoms with Gasteiger partial charge in [-0.1, -0.05) is 0 Å². The van der Waals surface area contributed by atoms with Crippen LogP contribution in [-0.4, -0.2) is 55.8 Å². The number of nitrogen functional groups attached to an aromatic ring is 1. The molecule has 2 saturated carbocycles. The third kappa shape index (κ3) is 4.93. The first kappa shape index (κ1) is 26.4. The minimum atomic E-state index is -4.99. The molecule has 2 fully saturated rings. The Morgan fingerprint density at radius 2 is 1.90 bits per heavy atom. The van der Waals surface area contributed by atoms with E-state index in [1.54, 1.807) is 17.0 Å². The second-order valence-corrected chi connectivity index (χ2v) is 11.0. The van der Waals surface area contributed by atoms with Crippen molar-refractivity contribution < 1.29 is 27.5 Å². The molecule has 5 N–H and O–H groups in total. The van der Waals surface area contributed by atoms with E-state index >= 15 is 0 Å². The molecule has 0 spiro atoms. The predicted molar refractivity (Wildman–Crippen MR) is 139 cm³/mol. The number of ether oxygens (including phenoxy) is 1. The summed E-state index contributed by atoms with van der Waals surface area (Å²) in [5.41, 5.74) is 13.2. The largest absolute Gasteiger partial charge is 0.573 e. The van der Waals surface area contributed by atoms with Crippen molar-refractivity contribution in [3.8, 4) is 17.0 Å². The Morgan fingerprint density at radius 3 is 2.58 bits per heavy atom. The lowest BCUT2D eigenvalue weighted by Crippen LogP contribution is -2.40. The van der Waals surface area contributed by atoms with Crippen molar-refractivity contribution in [1.29, 1.82) is 0 Å². The fourth-order valence-electron chi connectivity index (χ4n) is 5.80. The molecular formula is C27H30F3N7O3. The maximum absolute atomic E-state index is 13.4. The first-order chi connectivity index (χ1) is 19.0. The van der Waals surface area contributed by atoms with Crippen LogP contribution in [0.1, 0.15) is 71.7 Å². The van der Waals surface area contributed by atoms with Gasteiger partial charge in [-0.2, -0.15) is 0 Å². The van der Waals surface area contributed by atoms with Crippen molar-refractivity contribution in [2.24, 2.45) is 11.7 Å². The third-order valence-electron chi connectivity index (χ3n) is 8.16. The van der Waals surface area contributed by atoms with E-state index in [2.05, 4.69) is 20.1 Å². The van der Waals surface area contributed by atoms with E-state index < -0.39 is 23.9 Å². The number of nitrogens with one attached hydrogen (secondary N) is 1. The van der Waals surface area contributed by atoms with Gasteiger partial charge in [0.2, 0.25) is 0 Å². The number of hydrogen-bond acceptors (Lipinski definition) is 7. The van der Waals surface area contributed by atoms with E-state index in [4.69, 9.17) is 11.5 Å². The van der Waals surface area contributed by atoms with Crippen LogP contribution < -0.4 is 21.5 Å². The highest BCUT2D eigenvalue weighted by molar-refractivity contribution is 6.05. The summed E-state index contributed by atoms with van der Waals surface area (Å²) in [4.78, 5) is 32.6. The molecule has 2 aromatic heterocycles. The number of nitrogens with zero attached hydrogens (tertiary/aromatic N) is 4. The van der Waals surface area contributed by atoms with E-state index in [1.807, 2.05) is 6.92 Å². The average molecular weight is 558 g/mol. The molecule has 1 atom stereocenters. The maximum atomic E-state index is 13.4. The first-order valence-electron chi connectivity index (χ1n) is 13.4. The van der Waals surface area contributed by atoms with Gasteiger partial charge in [0, 0.05) is 36.4 Å². The van der Waals surface area contributed by atoms with Crippen LogP contribution in [-0.2, 0) is 6.54 Å². The third-order valence-corrected chi connectivity index (χ3v) is 8.16. The molecule has 3 aliphatic rings. The zero-order chi connectivity index (χ0) is 28.3. The minimum Gasteiger partial charge on any atom is -0.405 e. The number of anilines is 1. The van der Waals surface area contributed by atoms with E-state index in [0.29, 0.717) is 17.0 Å². The molecule has 13 heteroatoms. The normalized spacial score (nSPS) is 21.9. The van der Waals surface area contributed by atoms with Crippen molar-refractivity contribution >= 4 is 23.3 Å². The molecule has 1 unspecified atom stereocenters. The number of amides is 2. The fourth-order valence-corrected chi connectivity index (χ4v) is 5.80. The summed E-state index contributed by atoms with van der Waals surface area (Å²) in [5, 5.41) is 7.17. The summed E-state index contributed by atoms with van der Waals surface area (Å²) in [6.45, 7) is 2.09. The van der Waals surface area contributed by atoms with Crippen LogP contribution in [0.4, 0.5) is 19.0 Å². The molecule has 2 aliphatic carbocycles. The number of hydrogen-bond donors (Lipinski definition) is 3. The van der Waals surface area contributed by atoms with Crippen molar-refractivity contribution in [3.63, 3.8) is 0 Å². The molecule has 2 amide bonds. The van der Waals surface area contributed by atoms with Crippen molar-refractivity contribution in [2.45, 2.75) is 76.5 Å². The van der Waals surface area contributed by atoms with Gasteiger partial charge in [-0.3, -0.25) is 9.59 Å². The van der Waals surface area contributed by atoms with Crippen LogP contribution in [0.3, 0.4) is 0 Å². The van der Waals surface area contributed by atoms with Gasteiger partial charge < -0.3 is 26.4 Å². The molecule has 1 aromatic carbocycles. The standard InChI is InChI=1S/C27H30F3N7O3/c1-13(14-2-3-14)36-12-16-10-15(11-20(21(16)26(36)39)40-27(28,29)30)19-8-9-37-24(34-19)22(23(32)35-37)25(38)33-18-6-4-17(31)5-7-18/h8-11,13-14,17-18H,2-7,12,31H2,1H3,(H2,32,35)(H,33,38)/t13?,17-,18-. The lowest BCUT2D eigenvalue weighted by Gasteiger charge is -2.26. The Morgan fingerprint density at radius 1 is 1.18 bits per heavy atom. The molecule has 10 nitrogen and oxygen atoms in total. The zero-order valence-corrected chi connectivity index (χ0v) is 21.9. The number of rotatable bonds is 6. The molecule has 0 bridgehead atoms. The Kier molecular flexibility index (Phi) is 6.36. The van der Waals surface area contributed by atoms with Crippen LogP contribution in [0.15, 0.2) is 24.4 Å². The lowest BCUT2D eigenvalue weighted by atomic mass is 9.91. The van der Waals surface area contributed by atoms with Crippen molar-refractivity contribution in [1.82, 2.24) is 24.8 Å². The summed E-state index contributed by atoms with van der Waals surface area (Å²) in [6.07, 6.45) is 1.62. The predicted octanol–water partition coefficient (Wildman–Crippen LogP) is 3.63. The van der Waals surface area contributed by atoms with Gasteiger partial charge in [-0.15, -0.1) is 18.3 Å². The highest BCUT2D eigenvalue weighted by atomic mass is 19.4. The number of halogens is 3. The van der Waals surface area contributed by atoms with E-state index in [9.17, 15) is 22.8 Å². The topological polar surface area (TPSA) is 141 Å². The van der Waals surface area contributed by atoms with Gasteiger partial charge in [0.15, 0.2) is 11.5 Å². The lowest BCUT2D eigenvalue weighted by molar-refractivity contribution is -0.274. The van der Waals surface area contributed by atoms with Gasteiger partial charge in [0.05, 0.1) is 11.3 Å². The van der Waals surface area contributed by atoms with Gasteiger partial charge >= 0.3 is 6.36 Å². The molecule has 0 saturated heterocycles. The molecule has 6 rings (SSSR count).